The van der Waals surface area contributed by atoms with Gasteiger partial charge < -0.3 is 14.7 Å². The van der Waals surface area contributed by atoms with Gasteiger partial charge in [0.2, 0.25) is 11.7 Å². The maximum absolute atomic E-state index is 13.1. The van der Waals surface area contributed by atoms with E-state index in [1.165, 1.54) is 0 Å². The summed E-state index contributed by atoms with van der Waals surface area (Å²) in [5.74, 6) is 0.505. The van der Waals surface area contributed by atoms with E-state index in [9.17, 15) is 14.7 Å². The zero-order valence-electron chi connectivity index (χ0n) is 22.0. The van der Waals surface area contributed by atoms with E-state index in [-0.39, 0.29) is 12.5 Å². The first-order valence-electron chi connectivity index (χ1n) is 13.4. The lowest BCUT2D eigenvalue weighted by molar-refractivity contribution is -0.138. The normalized spacial score (nSPS) is 14.7. The van der Waals surface area contributed by atoms with Crippen molar-refractivity contribution in [1.82, 2.24) is 30.5 Å². The molecule has 0 unspecified atom stereocenters. The van der Waals surface area contributed by atoms with Crippen LogP contribution in [0.25, 0.3) is 33.5 Å². The Kier molecular flexibility index (Phi) is 7.81. The third-order valence-electron chi connectivity index (χ3n) is 7.28. The summed E-state index contributed by atoms with van der Waals surface area (Å²) in [7, 11) is 0. The van der Waals surface area contributed by atoms with Crippen molar-refractivity contribution in [2.45, 2.75) is 64.0 Å². The largest absolute Gasteiger partial charge is 0.506 e. The van der Waals surface area contributed by atoms with Gasteiger partial charge in [0, 0.05) is 29.5 Å². The number of pyridine rings is 1. The van der Waals surface area contributed by atoms with Crippen molar-refractivity contribution >= 4 is 23.0 Å². The second kappa shape index (κ2) is 11.6. The summed E-state index contributed by atoms with van der Waals surface area (Å²) in [5.41, 5.74) is 3.45. The molecule has 1 saturated carbocycles. The molecule has 0 aliphatic heterocycles. The van der Waals surface area contributed by atoms with Crippen molar-refractivity contribution < 1.29 is 19.4 Å². The fourth-order valence-corrected chi connectivity index (χ4v) is 5.45. The smallest absolute Gasteiger partial charge is 0.450 e. The van der Waals surface area contributed by atoms with E-state index in [2.05, 4.69) is 20.6 Å². The molecule has 1 amide bonds. The summed E-state index contributed by atoms with van der Waals surface area (Å²) in [4.78, 5) is 31.3. The Labute approximate surface area is 226 Å². The number of carbonyl (C=O) groups excluding carboxylic acids is 1. The first kappa shape index (κ1) is 26.3. The van der Waals surface area contributed by atoms with Crippen LogP contribution in [0.3, 0.4) is 0 Å². The molecule has 1 aliphatic carbocycles. The van der Waals surface area contributed by atoms with Gasteiger partial charge in [-0.3, -0.25) is 4.79 Å². The molecular formula is C29H32N6O4. The lowest BCUT2D eigenvalue weighted by Gasteiger charge is -2.39. The van der Waals surface area contributed by atoms with Gasteiger partial charge in [-0.2, -0.15) is 5.21 Å². The quantitative estimate of drug-likeness (QED) is 0.268. The molecule has 0 spiro atoms. The molecule has 5 rings (SSSR count). The SMILES string of the molecule is CCCC(=O)N(Cc1ccc2nc(-c3ccccc3-c3nn[nH]n3)ccc2c1)CC1(OC(=O)O)CCCCC1. The van der Waals surface area contributed by atoms with Gasteiger partial charge >= 0.3 is 6.16 Å². The number of hydrogen-bond acceptors (Lipinski definition) is 7. The second-order valence-electron chi connectivity index (χ2n) is 10.1. The Morgan fingerprint density at radius 2 is 1.85 bits per heavy atom. The number of benzene rings is 2. The fraction of sp³-hybridized carbons (Fsp3) is 0.379. The van der Waals surface area contributed by atoms with E-state index in [0.717, 1.165) is 59.0 Å². The van der Waals surface area contributed by atoms with Gasteiger partial charge in [-0.15, -0.1) is 10.2 Å². The van der Waals surface area contributed by atoms with Crippen LogP contribution in [-0.2, 0) is 16.1 Å². The molecule has 202 valence electrons. The van der Waals surface area contributed by atoms with Gasteiger partial charge in [0.15, 0.2) is 0 Å². The third-order valence-corrected chi connectivity index (χ3v) is 7.28. The van der Waals surface area contributed by atoms with E-state index in [0.29, 0.717) is 31.6 Å². The first-order chi connectivity index (χ1) is 19.0. The summed E-state index contributed by atoms with van der Waals surface area (Å²) in [6, 6.07) is 17.7. The van der Waals surface area contributed by atoms with E-state index in [1.807, 2.05) is 61.5 Å². The minimum absolute atomic E-state index is 0.00285. The predicted octanol–water partition coefficient (Wildman–Crippen LogP) is 5.61. The zero-order valence-corrected chi connectivity index (χ0v) is 22.0. The van der Waals surface area contributed by atoms with Crippen molar-refractivity contribution in [3.8, 4) is 22.6 Å². The van der Waals surface area contributed by atoms with Gasteiger partial charge in [-0.25, -0.2) is 9.78 Å². The van der Waals surface area contributed by atoms with Gasteiger partial charge in [0.25, 0.3) is 0 Å². The van der Waals surface area contributed by atoms with Gasteiger partial charge in [-0.1, -0.05) is 49.7 Å². The molecule has 1 aliphatic rings. The van der Waals surface area contributed by atoms with E-state index in [1.54, 1.807) is 4.90 Å². The van der Waals surface area contributed by atoms with Crippen molar-refractivity contribution in [1.29, 1.82) is 0 Å². The van der Waals surface area contributed by atoms with E-state index in [4.69, 9.17) is 9.72 Å². The van der Waals surface area contributed by atoms with Gasteiger partial charge in [0.1, 0.15) is 5.60 Å². The lowest BCUT2D eigenvalue weighted by atomic mass is 9.84. The van der Waals surface area contributed by atoms with Crippen molar-refractivity contribution in [2.24, 2.45) is 0 Å². The highest BCUT2D eigenvalue weighted by atomic mass is 16.7. The molecule has 2 heterocycles. The average Bonchev–Trinajstić information content (AvgIpc) is 3.48. The molecule has 2 aromatic carbocycles. The van der Waals surface area contributed by atoms with Crippen LogP contribution in [0.4, 0.5) is 4.79 Å². The first-order valence-corrected chi connectivity index (χ1v) is 13.4. The Balaban J connectivity index is 1.41. The maximum Gasteiger partial charge on any atom is 0.506 e. The minimum atomic E-state index is -1.28. The van der Waals surface area contributed by atoms with Gasteiger partial charge in [-0.05, 0) is 61.1 Å². The maximum atomic E-state index is 13.1. The predicted molar refractivity (Wildman–Crippen MR) is 146 cm³/mol. The summed E-state index contributed by atoms with van der Waals surface area (Å²) >= 11 is 0. The lowest BCUT2D eigenvalue weighted by Crippen LogP contribution is -2.49. The number of rotatable bonds is 9. The Bertz CT molecular complexity index is 1450. The monoisotopic (exact) mass is 528 g/mol. The summed E-state index contributed by atoms with van der Waals surface area (Å²) in [6.07, 6.45) is 3.93. The highest BCUT2D eigenvalue weighted by Crippen LogP contribution is 2.34. The number of H-pyrrole nitrogens is 1. The van der Waals surface area contributed by atoms with Gasteiger partial charge in [0.05, 0.1) is 17.8 Å². The van der Waals surface area contributed by atoms with Crippen molar-refractivity contribution in [3.63, 3.8) is 0 Å². The number of fused-ring (bicyclic) bond motifs is 1. The van der Waals surface area contributed by atoms with Crippen LogP contribution in [0.2, 0.25) is 0 Å². The summed E-state index contributed by atoms with van der Waals surface area (Å²) < 4.78 is 5.44. The van der Waals surface area contributed by atoms with Crippen LogP contribution in [0.5, 0.6) is 0 Å². The van der Waals surface area contributed by atoms with Crippen LogP contribution >= 0.6 is 0 Å². The summed E-state index contributed by atoms with van der Waals surface area (Å²) in [5, 5.41) is 24.8. The molecular weight excluding hydrogens is 496 g/mol. The minimum Gasteiger partial charge on any atom is -0.450 e. The standard InChI is InChI=1S/C29H32N6O4/c1-2-8-26(36)35(19-29(39-28(37)38)15-6-3-7-16-29)18-20-11-13-24-21(17-20)12-14-25(30-24)22-9-4-5-10-23(22)27-31-33-34-32-27/h4-5,9-14,17H,2-3,6-8,15-16,18-19H2,1H3,(H,37,38)(H,31,32,33,34). The number of tetrazole rings is 1. The topological polar surface area (TPSA) is 134 Å². The molecule has 4 aromatic rings. The van der Waals surface area contributed by atoms with E-state index < -0.39 is 11.8 Å². The molecule has 1 fully saturated rings. The second-order valence-corrected chi connectivity index (χ2v) is 10.1. The van der Waals surface area contributed by atoms with Crippen LogP contribution in [0, 0.1) is 0 Å². The molecule has 10 heteroatoms. The molecule has 0 atom stereocenters. The van der Waals surface area contributed by atoms with Crippen LogP contribution < -0.4 is 0 Å². The molecule has 10 nitrogen and oxygen atoms in total. The fourth-order valence-electron chi connectivity index (χ4n) is 5.45. The number of ether oxygens (including phenoxy) is 1. The molecule has 2 N–H and O–H groups in total. The number of hydrogen-bond donors (Lipinski definition) is 2. The Morgan fingerprint density at radius 3 is 2.56 bits per heavy atom. The Morgan fingerprint density at radius 1 is 1.05 bits per heavy atom. The number of nitrogens with zero attached hydrogens (tertiary/aromatic N) is 5. The highest BCUT2D eigenvalue weighted by Gasteiger charge is 2.39. The molecule has 0 radical (unpaired) electrons. The number of amides is 1. The average molecular weight is 529 g/mol. The molecule has 2 aromatic heterocycles. The number of nitrogens with one attached hydrogen (secondary N) is 1. The number of carbonyl (C=O) groups is 2. The number of aromatic nitrogens is 5. The van der Waals surface area contributed by atoms with E-state index >= 15 is 0 Å². The van der Waals surface area contributed by atoms with Crippen molar-refractivity contribution in [2.75, 3.05) is 6.54 Å². The van der Waals surface area contributed by atoms with Crippen molar-refractivity contribution in [3.05, 3.63) is 60.2 Å². The van der Waals surface area contributed by atoms with Crippen LogP contribution in [0.1, 0.15) is 57.4 Å². The Hall–Kier alpha value is -4.34. The number of carboxylic acid groups (broad SMARTS) is 1. The van der Waals surface area contributed by atoms with Crippen LogP contribution in [-0.4, -0.2) is 59.8 Å². The highest BCUT2D eigenvalue weighted by molar-refractivity contribution is 5.85. The zero-order chi connectivity index (χ0) is 27.2. The summed E-state index contributed by atoms with van der Waals surface area (Å²) in [6.45, 7) is 2.61. The third kappa shape index (κ3) is 6.05. The van der Waals surface area contributed by atoms with Crippen LogP contribution in [0.15, 0.2) is 54.6 Å². The molecule has 0 saturated heterocycles. The molecule has 0 bridgehead atoms. The number of aromatic amines is 1. The molecule has 39 heavy (non-hydrogen) atoms.